The third-order valence-electron chi connectivity index (χ3n) is 6.11. The minimum absolute atomic E-state index is 0.0590. The van der Waals surface area contributed by atoms with Gasteiger partial charge in [-0.2, -0.15) is 5.10 Å². The molecule has 0 bridgehead atoms. The van der Waals surface area contributed by atoms with Crippen LogP contribution in [0.3, 0.4) is 0 Å². The number of carbonyl (C=O) groups is 2. The van der Waals surface area contributed by atoms with Crippen molar-refractivity contribution in [3.63, 3.8) is 0 Å². The van der Waals surface area contributed by atoms with Gasteiger partial charge in [-0.25, -0.2) is 4.68 Å². The number of primary amides is 1. The number of carbonyl (C=O) groups excluding carboxylic acids is 2. The number of aromatic nitrogens is 2. The van der Waals surface area contributed by atoms with E-state index in [0.717, 1.165) is 51.7 Å². The quantitative estimate of drug-likeness (QED) is 0.453. The molecule has 0 radical (unpaired) electrons. The number of halogens is 1. The van der Waals surface area contributed by atoms with Crippen molar-refractivity contribution in [1.29, 1.82) is 0 Å². The van der Waals surface area contributed by atoms with Gasteiger partial charge in [-0.05, 0) is 48.9 Å². The Morgan fingerprint density at radius 2 is 1.79 bits per heavy atom. The molecule has 1 fully saturated rings. The van der Waals surface area contributed by atoms with Gasteiger partial charge in [0.2, 0.25) is 5.91 Å². The first-order valence-electron chi connectivity index (χ1n) is 11.0. The molecular formula is C25H24ClN5O2S. The first-order chi connectivity index (χ1) is 16.4. The monoisotopic (exact) mass is 493 g/mol. The van der Waals surface area contributed by atoms with Gasteiger partial charge in [0.25, 0.3) is 5.91 Å². The highest BCUT2D eigenvalue weighted by atomic mass is 35.5. The minimum atomic E-state index is -0.421. The first kappa shape index (κ1) is 22.6. The lowest BCUT2D eigenvalue weighted by atomic mass is 10.1. The van der Waals surface area contributed by atoms with E-state index in [9.17, 15) is 9.59 Å². The van der Waals surface area contributed by atoms with Gasteiger partial charge in [0.05, 0.1) is 16.3 Å². The van der Waals surface area contributed by atoms with Crippen LogP contribution in [0.2, 0.25) is 5.02 Å². The lowest BCUT2D eigenvalue weighted by Gasteiger charge is -2.34. The lowest BCUT2D eigenvalue weighted by Crippen LogP contribution is -2.48. The topological polar surface area (TPSA) is 84.5 Å². The number of rotatable bonds is 5. The molecule has 174 valence electrons. The summed E-state index contributed by atoms with van der Waals surface area (Å²) in [5.74, 6) is -0.362. The number of nitrogens with two attached hydrogens (primary N) is 1. The zero-order chi connectivity index (χ0) is 23.8. The molecular weight excluding hydrogens is 470 g/mol. The van der Waals surface area contributed by atoms with Gasteiger partial charge < -0.3 is 10.6 Å². The molecule has 1 aliphatic rings. The Morgan fingerprint density at radius 3 is 2.47 bits per heavy atom. The zero-order valence-corrected chi connectivity index (χ0v) is 20.3. The molecule has 2 N–H and O–H groups in total. The largest absolute Gasteiger partial charge is 0.366 e. The molecule has 5 rings (SSSR count). The number of hydrogen-bond acceptors (Lipinski definition) is 5. The number of benzene rings is 2. The van der Waals surface area contributed by atoms with Crippen molar-refractivity contribution in [3.8, 4) is 5.69 Å². The molecule has 0 aliphatic carbocycles. The second-order valence-corrected chi connectivity index (χ2v) is 9.90. The fourth-order valence-electron chi connectivity index (χ4n) is 4.23. The summed E-state index contributed by atoms with van der Waals surface area (Å²) in [4.78, 5) is 30.4. The summed E-state index contributed by atoms with van der Waals surface area (Å²) in [7, 11) is 0. The molecule has 1 aliphatic heterocycles. The highest BCUT2D eigenvalue weighted by Gasteiger charge is 2.25. The molecule has 34 heavy (non-hydrogen) atoms. The van der Waals surface area contributed by atoms with E-state index in [-0.39, 0.29) is 5.91 Å². The van der Waals surface area contributed by atoms with E-state index in [1.807, 2.05) is 59.0 Å². The number of fused-ring (bicyclic) bond motifs is 1. The molecule has 9 heteroatoms. The van der Waals surface area contributed by atoms with Crippen LogP contribution < -0.4 is 5.73 Å². The van der Waals surface area contributed by atoms with Crippen molar-refractivity contribution in [1.82, 2.24) is 19.6 Å². The molecule has 0 spiro atoms. The van der Waals surface area contributed by atoms with E-state index in [1.54, 1.807) is 12.1 Å². The van der Waals surface area contributed by atoms with Gasteiger partial charge in [0, 0.05) is 48.7 Å². The Morgan fingerprint density at radius 1 is 1.06 bits per heavy atom. The molecule has 1 saturated heterocycles. The van der Waals surface area contributed by atoms with Crippen LogP contribution in [0.5, 0.6) is 0 Å². The first-order valence-corrected chi connectivity index (χ1v) is 12.2. The van der Waals surface area contributed by atoms with Crippen molar-refractivity contribution in [2.24, 2.45) is 5.73 Å². The summed E-state index contributed by atoms with van der Waals surface area (Å²) in [6, 6.07) is 16.9. The number of aryl methyl sites for hydroxylation is 1. The second kappa shape index (κ2) is 9.21. The highest BCUT2D eigenvalue weighted by Crippen LogP contribution is 2.32. The van der Waals surface area contributed by atoms with Crippen LogP contribution in [0, 0.1) is 6.92 Å². The number of piperazine rings is 1. The SMILES string of the molecule is Cc1nn(-c2cccc(Cl)c2)c2sc(C(=O)N3CCN(Cc4ccc(C(N)=O)cc4)CC3)cc12. The predicted molar refractivity (Wildman–Crippen MR) is 135 cm³/mol. The Balaban J connectivity index is 1.27. The fraction of sp³-hybridized carbons (Fsp3) is 0.240. The van der Waals surface area contributed by atoms with Crippen LogP contribution in [-0.4, -0.2) is 57.6 Å². The van der Waals surface area contributed by atoms with Crippen LogP contribution in [0.4, 0.5) is 0 Å². The maximum absolute atomic E-state index is 13.3. The van der Waals surface area contributed by atoms with Crippen molar-refractivity contribution >= 4 is 45.0 Å². The average molecular weight is 494 g/mol. The van der Waals surface area contributed by atoms with E-state index in [0.29, 0.717) is 23.7 Å². The Bertz CT molecular complexity index is 1370. The molecule has 0 atom stereocenters. The van der Waals surface area contributed by atoms with Crippen LogP contribution in [-0.2, 0) is 6.54 Å². The van der Waals surface area contributed by atoms with Crippen LogP contribution in [0.15, 0.2) is 54.6 Å². The maximum atomic E-state index is 13.3. The van der Waals surface area contributed by atoms with E-state index in [4.69, 9.17) is 17.3 Å². The molecule has 2 amide bonds. The van der Waals surface area contributed by atoms with Gasteiger partial charge in [-0.1, -0.05) is 29.8 Å². The van der Waals surface area contributed by atoms with E-state index < -0.39 is 5.91 Å². The van der Waals surface area contributed by atoms with Gasteiger partial charge in [-0.15, -0.1) is 11.3 Å². The van der Waals surface area contributed by atoms with Crippen LogP contribution in [0.1, 0.15) is 31.3 Å². The van der Waals surface area contributed by atoms with E-state index in [1.165, 1.54) is 11.3 Å². The maximum Gasteiger partial charge on any atom is 0.264 e. The number of thiophene rings is 1. The zero-order valence-electron chi connectivity index (χ0n) is 18.7. The van der Waals surface area contributed by atoms with Gasteiger partial charge in [0.15, 0.2) is 0 Å². The minimum Gasteiger partial charge on any atom is -0.366 e. The fourth-order valence-corrected chi connectivity index (χ4v) is 5.57. The third-order valence-corrected chi connectivity index (χ3v) is 7.45. The molecule has 2 aromatic carbocycles. The van der Waals surface area contributed by atoms with Gasteiger partial charge in [-0.3, -0.25) is 14.5 Å². The molecule has 0 unspecified atom stereocenters. The average Bonchev–Trinajstić information content (AvgIpc) is 3.40. The van der Waals surface area contributed by atoms with Gasteiger partial charge in [0.1, 0.15) is 4.83 Å². The van der Waals surface area contributed by atoms with E-state index >= 15 is 0 Å². The number of nitrogens with zero attached hydrogens (tertiary/aromatic N) is 4. The summed E-state index contributed by atoms with van der Waals surface area (Å²) in [6.07, 6.45) is 0. The second-order valence-electron chi connectivity index (χ2n) is 8.44. The van der Waals surface area contributed by atoms with Crippen molar-refractivity contribution in [2.45, 2.75) is 13.5 Å². The van der Waals surface area contributed by atoms with Crippen LogP contribution >= 0.6 is 22.9 Å². The smallest absolute Gasteiger partial charge is 0.264 e. The Kier molecular flexibility index (Phi) is 6.12. The summed E-state index contributed by atoms with van der Waals surface area (Å²) >= 11 is 7.64. The summed E-state index contributed by atoms with van der Waals surface area (Å²) in [5, 5.41) is 6.29. The molecule has 4 aromatic rings. The van der Waals surface area contributed by atoms with Gasteiger partial charge >= 0.3 is 0 Å². The standard InChI is InChI=1S/C25H24ClN5O2S/c1-16-21-14-22(34-25(21)31(28-16)20-4-2-3-19(26)13-20)24(33)30-11-9-29(10-12-30)15-17-5-7-18(8-6-17)23(27)32/h2-8,13-14H,9-12,15H2,1H3,(H2,27,32). The van der Waals surface area contributed by atoms with Crippen molar-refractivity contribution in [2.75, 3.05) is 26.2 Å². The highest BCUT2D eigenvalue weighted by molar-refractivity contribution is 7.20. The summed E-state index contributed by atoms with van der Waals surface area (Å²) < 4.78 is 1.86. The summed E-state index contributed by atoms with van der Waals surface area (Å²) in [5.41, 5.74) is 8.71. The molecule has 0 saturated carbocycles. The van der Waals surface area contributed by atoms with Crippen LogP contribution in [0.25, 0.3) is 15.9 Å². The Hall–Kier alpha value is -3.20. The lowest BCUT2D eigenvalue weighted by molar-refractivity contribution is 0.0633. The van der Waals surface area contributed by atoms with Crippen molar-refractivity contribution in [3.05, 3.63) is 81.3 Å². The number of amides is 2. The Labute approximate surface area is 206 Å². The van der Waals surface area contributed by atoms with Crippen molar-refractivity contribution < 1.29 is 9.59 Å². The molecule has 2 aromatic heterocycles. The number of hydrogen-bond donors (Lipinski definition) is 1. The molecule has 7 nitrogen and oxygen atoms in total. The van der Waals surface area contributed by atoms with E-state index in [2.05, 4.69) is 10.00 Å². The summed E-state index contributed by atoms with van der Waals surface area (Å²) in [6.45, 7) is 5.67. The normalized spacial score (nSPS) is 14.6. The third kappa shape index (κ3) is 4.44. The molecule has 3 heterocycles. The predicted octanol–water partition coefficient (Wildman–Crippen LogP) is 4.11.